The Hall–Kier alpha value is -0.980. The summed E-state index contributed by atoms with van der Waals surface area (Å²) in [6, 6.07) is 0. The Morgan fingerprint density at radius 3 is 2.17 bits per heavy atom. The van der Waals surface area contributed by atoms with Gasteiger partial charge in [0.2, 0.25) is 0 Å². The fourth-order valence-electron chi connectivity index (χ4n) is 0.496. The summed E-state index contributed by atoms with van der Waals surface area (Å²) < 4.78 is 0. The number of allylic oxidation sites excluding steroid dienone is 4. The van der Waals surface area contributed by atoms with Gasteiger partial charge in [-0.2, -0.15) is 0 Å². The first kappa shape index (κ1) is 13.6. The first-order chi connectivity index (χ1) is 5.76. The molecule has 1 N–H and O–H groups in total. The van der Waals surface area contributed by atoms with Crippen molar-refractivity contribution in [3.05, 3.63) is 36.6 Å². The van der Waals surface area contributed by atoms with Crippen molar-refractivity contribution in [3.8, 4) is 0 Å². The number of hydrogen-bond donors (Lipinski definition) is 1. The largest absolute Gasteiger partial charge is 0.388 e. The molecular formula is C11H21N. The van der Waals surface area contributed by atoms with Crippen molar-refractivity contribution in [2.45, 2.75) is 27.2 Å². The van der Waals surface area contributed by atoms with E-state index in [0.29, 0.717) is 0 Å². The number of likely N-dealkylation sites (N-methyl/N-ethyl adjacent to an activating group) is 1. The summed E-state index contributed by atoms with van der Waals surface area (Å²) in [5.41, 5.74) is 1.11. The van der Waals surface area contributed by atoms with Crippen molar-refractivity contribution in [1.29, 1.82) is 0 Å². The Bertz CT molecular complexity index is 143. The second kappa shape index (κ2) is 12.7. The van der Waals surface area contributed by atoms with Crippen LogP contribution in [-0.4, -0.2) is 7.05 Å². The van der Waals surface area contributed by atoms with Gasteiger partial charge in [0.15, 0.2) is 0 Å². The van der Waals surface area contributed by atoms with Gasteiger partial charge in [-0.15, -0.1) is 0 Å². The van der Waals surface area contributed by atoms with Gasteiger partial charge in [-0.05, 0) is 13.0 Å². The monoisotopic (exact) mass is 167 g/mol. The van der Waals surface area contributed by atoms with Crippen molar-refractivity contribution < 1.29 is 0 Å². The van der Waals surface area contributed by atoms with Crippen LogP contribution in [0.15, 0.2) is 36.6 Å². The van der Waals surface area contributed by atoms with E-state index in [1.54, 1.807) is 6.08 Å². The molecule has 0 aromatic carbocycles. The van der Waals surface area contributed by atoms with Gasteiger partial charge in [0.1, 0.15) is 0 Å². The zero-order chi connectivity index (χ0) is 9.82. The van der Waals surface area contributed by atoms with E-state index >= 15 is 0 Å². The maximum absolute atomic E-state index is 3.56. The summed E-state index contributed by atoms with van der Waals surface area (Å²) in [7, 11) is 1.89. The number of hydrogen-bond acceptors (Lipinski definition) is 1. The summed E-state index contributed by atoms with van der Waals surface area (Å²) in [6.07, 6.45) is 8.86. The third kappa shape index (κ3) is 11.8. The Balaban J connectivity index is 0. The SMILES string of the molecule is C=C/C=C\C(=C/C)NC.CCC. The second-order valence-corrected chi connectivity index (χ2v) is 2.30. The molecule has 0 bridgehead atoms. The van der Waals surface area contributed by atoms with E-state index in [1.807, 2.05) is 32.2 Å². The molecule has 0 saturated heterocycles. The Morgan fingerprint density at radius 1 is 1.42 bits per heavy atom. The van der Waals surface area contributed by atoms with Gasteiger partial charge in [0.25, 0.3) is 0 Å². The van der Waals surface area contributed by atoms with Crippen LogP contribution in [0.1, 0.15) is 27.2 Å². The van der Waals surface area contributed by atoms with E-state index in [2.05, 4.69) is 25.7 Å². The minimum Gasteiger partial charge on any atom is -0.388 e. The normalized spacial score (nSPS) is 10.5. The Kier molecular flexibility index (Phi) is 14.4. The highest BCUT2D eigenvalue weighted by molar-refractivity contribution is 5.18. The number of nitrogens with one attached hydrogen (secondary N) is 1. The average Bonchev–Trinajstić information content (AvgIpc) is 2.08. The molecule has 0 amide bonds. The number of rotatable bonds is 3. The highest BCUT2D eigenvalue weighted by Gasteiger charge is 1.77. The lowest BCUT2D eigenvalue weighted by atomic mass is 10.3. The van der Waals surface area contributed by atoms with Gasteiger partial charge in [-0.25, -0.2) is 0 Å². The van der Waals surface area contributed by atoms with E-state index in [0.717, 1.165) is 5.70 Å². The highest BCUT2D eigenvalue weighted by Crippen LogP contribution is 1.88. The fraction of sp³-hybridized carbons (Fsp3) is 0.455. The third-order valence-corrected chi connectivity index (χ3v) is 1.01. The summed E-state index contributed by atoms with van der Waals surface area (Å²) in [5.74, 6) is 0. The lowest BCUT2D eigenvalue weighted by molar-refractivity contribution is 1.03. The molecule has 0 unspecified atom stereocenters. The van der Waals surface area contributed by atoms with Crippen LogP contribution < -0.4 is 5.32 Å². The van der Waals surface area contributed by atoms with Gasteiger partial charge < -0.3 is 5.32 Å². The minimum atomic E-state index is 1.11. The molecule has 70 valence electrons. The Morgan fingerprint density at radius 2 is 1.92 bits per heavy atom. The molecule has 0 fully saturated rings. The molecule has 0 spiro atoms. The topological polar surface area (TPSA) is 12.0 Å². The molecule has 1 heteroatoms. The molecule has 0 aromatic heterocycles. The lowest BCUT2D eigenvalue weighted by Gasteiger charge is -1.95. The molecule has 0 aliphatic rings. The third-order valence-electron chi connectivity index (χ3n) is 1.01. The van der Waals surface area contributed by atoms with Crippen LogP contribution in [-0.2, 0) is 0 Å². The van der Waals surface area contributed by atoms with Crippen LogP contribution >= 0.6 is 0 Å². The summed E-state index contributed by atoms with van der Waals surface area (Å²) in [5, 5.41) is 3.01. The zero-order valence-corrected chi connectivity index (χ0v) is 8.72. The fourth-order valence-corrected chi connectivity index (χ4v) is 0.496. The van der Waals surface area contributed by atoms with Crippen molar-refractivity contribution in [1.82, 2.24) is 5.32 Å². The molecule has 0 aromatic rings. The molecule has 0 radical (unpaired) electrons. The van der Waals surface area contributed by atoms with Gasteiger partial charge >= 0.3 is 0 Å². The summed E-state index contributed by atoms with van der Waals surface area (Å²) in [6.45, 7) is 9.79. The van der Waals surface area contributed by atoms with Gasteiger partial charge in [0, 0.05) is 12.7 Å². The van der Waals surface area contributed by atoms with Gasteiger partial charge in [-0.3, -0.25) is 0 Å². The molecular weight excluding hydrogens is 146 g/mol. The average molecular weight is 167 g/mol. The molecule has 12 heavy (non-hydrogen) atoms. The van der Waals surface area contributed by atoms with E-state index in [-0.39, 0.29) is 0 Å². The van der Waals surface area contributed by atoms with Crippen molar-refractivity contribution in [2.75, 3.05) is 7.05 Å². The van der Waals surface area contributed by atoms with Crippen LogP contribution in [0.2, 0.25) is 0 Å². The van der Waals surface area contributed by atoms with E-state index in [1.165, 1.54) is 6.42 Å². The van der Waals surface area contributed by atoms with Gasteiger partial charge in [0.05, 0.1) is 0 Å². The molecule has 0 aliphatic carbocycles. The summed E-state index contributed by atoms with van der Waals surface area (Å²) >= 11 is 0. The van der Waals surface area contributed by atoms with Gasteiger partial charge in [-0.1, -0.05) is 45.1 Å². The molecule has 0 saturated carbocycles. The molecule has 1 nitrogen and oxygen atoms in total. The van der Waals surface area contributed by atoms with Crippen LogP contribution in [0.4, 0.5) is 0 Å². The first-order valence-corrected chi connectivity index (χ1v) is 4.39. The smallest absolute Gasteiger partial charge is 0.0294 e. The quantitative estimate of drug-likeness (QED) is 0.636. The maximum atomic E-state index is 3.56. The van der Waals surface area contributed by atoms with Crippen LogP contribution in [0, 0.1) is 0 Å². The highest BCUT2D eigenvalue weighted by atomic mass is 14.8. The van der Waals surface area contributed by atoms with E-state index in [9.17, 15) is 0 Å². The van der Waals surface area contributed by atoms with Crippen LogP contribution in [0.3, 0.4) is 0 Å². The predicted molar refractivity (Wildman–Crippen MR) is 58.1 cm³/mol. The lowest BCUT2D eigenvalue weighted by Crippen LogP contribution is -2.01. The predicted octanol–water partition coefficient (Wildman–Crippen LogP) is 3.27. The van der Waals surface area contributed by atoms with E-state index < -0.39 is 0 Å². The van der Waals surface area contributed by atoms with Crippen LogP contribution in [0.5, 0.6) is 0 Å². The zero-order valence-electron chi connectivity index (χ0n) is 8.72. The molecule has 0 heterocycles. The second-order valence-electron chi connectivity index (χ2n) is 2.30. The van der Waals surface area contributed by atoms with E-state index in [4.69, 9.17) is 0 Å². The Labute approximate surface area is 76.9 Å². The van der Waals surface area contributed by atoms with Crippen molar-refractivity contribution in [3.63, 3.8) is 0 Å². The van der Waals surface area contributed by atoms with Crippen LogP contribution in [0.25, 0.3) is 0 Å². The maximum Gasteiger partial charge on any atom is 0.0294 e. The minimum absolute atomic E-state index is 1.11. The first-order valence-electron chi connectivity index (χ1n) is 4.39. The molecule has 0 rings (SSSR count). The van der Waals surface area contributed by atoms with Crippen molar-refractivity contribution in [2.24, 2.45) is 0 Å². The summed E-state index contributed by atoms with van der Waals surface area (Å²) in [4.78, 5) is 0. The van der Waals surface area contributed by atoms with Crippen molar-refractivity contribution >= 4 is 0 Å². The standard InChI is InChI=1S/C8H13N.C3H8/c1-4-6-7-8(5-2)9-3;1-3-2/h4-7,9H,1H2,2-3H3;3H2,1-2H3/b7-6-,8-5+;. The molecule has 0 aliphatic heterocycles. The molecule has 0 atom stereocenters.